The van der Waals surface area contributed by atoms with Crippen LogP contribution in [0.3, 0.4) is 0 Å². The first-order valence-corrected chi connectivity index (χ1v) is 6.11. The molecule has 5 nitrogen and oxygen atoms in total. The van der Waals surface area contributed by atoms with Crippen LogP contribution >= 0.6 is 11.6 Å². The van der Waals surface area contributed by atoms with E-state index in [2.05, 4.69) is 5.32 Å². The fourth-order valence-corrected chi connectivity index (χ4v) is 1.85. The number of hydrogen-bond acceptors (Lipinski definition) is 4. The van der Waals surface area contributed by atoms with Crippen LogP contribution in [-0.4, -0.2) is 34.6 Å². The number of rotatable bonds is 5. The third kappa shape index (κ3) is 4.31. The molecule has 0 fully saturated rings. The molecule has 0 saturated carbocycles. The van der Waals surface area contributed by atoms with Crippen LogP contribution in [0, 0.1) is 0 Å². The Morgan fingerprint density at radius 1 is 1.32 bits per heavy atom. The van der Waals surface area contributed by atoms with E-state index in [1.54, 1.807) is 0 Å². The molecule has 3 N–H and O–H groups in total. The molecule has 0 spiro atoms. The summed E-state index contributed by atoms with van der Waals surface area (Å²) in [5.41, 5.74) is 0.738. The van der Waals surface area contributed by atoms with Crippen LogP contribution in [0.15, 0.2) is 18.2 Å². The molecule has 0 radical (unpaired) electrons. The van der Waals surface area contributed by atoms with Gasteiger partial charge in [0, 0.05) is 29.6 Å². The maximum absolute atomic E-state index is 11.2. The molecule has 0 aromatic heterocycles. The summed E-state index contributed by atoms with van der Waals surface area (Å²) in [7, 11) is 0. The Hall–Kier alpha value is -1.43. The molecule has 1 rings (SSSR count). The van der Waals surface area contributed by atoms with Gasteiger partial charge in [-0.1, -0.05) is 23.7 Å². The van der Waals surface area contributed by atoms with Gasteiger partial charge >= 0.3 is 0 Å². The zero-order valence-electron chi connectivity index (χ0n) is 10.7. The molecule has 1 aromatic rings. The lowest BCUT2D eigenvalue weighted by Crippen LogP contribution is -2.34. The van der Waals surface area contributed by atoms with Crippen LogP contribution in [0.5, 0.6) is 0 Å². The van der Waals surface area contributed by atoms with Gasteiger partial charge in [-0.3, -0.25) is 9.59 Å². The van der Waals surface area contributed by atoms with Crippen molar-refractivity contribution in [2.24, 2.45) is 0 Å². The Bertz CT molecular complexity index is 490. The number of halogens is 1. The van der Waals surface area contributed by atoms with Crippen molar-refractivity contribution < 1.29 is 19.8 Å². The summed E-state index contributed by atoms with van der Waals surface area (Å²) in [5, 5.41) is 22.3. The summed E-state index contributed by atoms with van der Waals surface area (Å²) in [5.74, 6) is -0.439. The SMILES string of the molecule is CC(=O)NCC(O)C(O)c1ccc(C(C)=O)cc1Cl. The van der Waals surface area contributed by atoms with E-state index in [1.165, 1.54) is 32.0 Å². The highest BCUT2D eigenvalue weighted by Crippen LogP contribution is 2.26. The van der Waals surface area contributed by atoms with E-state index in [-0.39, 0.29) is 23.3 Å². The van der Waals surface area contributed by atoms with E-state index in [0.29, 0.717) is 11.1 Å². The number of aliphatic hydroxyl groups is 2. The molecular formula is C13H16ClNO4. The topological polar surface area (TPSA) is 86.6 Å². The Morgan fingerprint density at radius 2 is 1.95 bits per heavy atom. The van der Waals surface area contributed by atoms with Crippen molar-refractivity contribution in [2.45, 2.75) is 26.1 Å². The molecule has 19 heavy (non-hydrogen) atoms. The average molecular weight is 286 g/mol. The summed E-state index contributed by atoms with van der Waals surface area (Å²) in [4.78, 5) is 21.9. The molecule has 2 atom stereocenters. The minimum absolute atomic E-state index is 0.0821. The summed E-state index contributed by atoms with van der Waals surface area (Å²) >= 11 is 5.96. The number of amides is 1. The molecule has 0 aliphatic rings. The first-order valence-electron chi connectivity index (χ1n) is 5.74. The van der Waals surface area contributed by atoms with Crippen LogP contribution in [-0.2, 0) is 4.79 Å². The smallest absolute Gasteiger partial charge is 0.216 e. The Balaban J connectivity index is 2.84. The lowest BCUT2D eigenvalue weighted by Gasteiger charge is -2.19. The van der Waals surface area contributed by atoms with E-state index < -0.39 is 12.2 Å². The first-order chi connectivity index (χ1) is 8.82. The van der Waals surface area contributed by atoms with Gasteiger partial charge in [-0.25, -0.2) is 0 Å². The molecule has 104 valence electrons. The van der Waals surface area contributed by atoms with Crippen LogP contribution < -0.4 is 5.32 Å². The van der Waals surface area contributed by atoms with E-state index in [0.717, 1.165) is 0 Å². The van der Waals surface area contributed by atoms with Crippen LogP contribution in [0.1, 0.15) is 35.9 Å². The van der Waals surface area contributed by atoms with Gasteiger partial charge in [0.2, 0.25) is 5.91 Å². The van der Waals surface area contributed by atoms with Crippen molar-refractivity contribution in [1.82, 2.24) is 5.32 Å². The van der Waals surface area contributed by atoms with Crippen molar-refractivity contribution >= 4 is 23.3 Å². The predicted octanol–water partition coefficient (Wildman–Crippen LogP) is 1.07. The molecule has 1 aromatic carbocycles. The van der Waals surface area contributed by atoms with Gasteiger partial charge in [-0.05, 0) is 13.0 Å². The number of benzene rings is 1. The van der Waals surface area contributed by atoms with Gasteiger partial charge in [0.25, 0.3) is 0 Å². The average Bonchev–Trinajstić information content (AvgIpc) is 2.34. The highest BCUT2D eigenvalue weighted by atomic mass is 35.5. The predicted molar refractivity (Wildman–Crippen MR) is 71.1 cm³/mol. The Morgan fingerprint density at radius 3 is 2.42 bits per heavy atom. The first kappa shape index (κ1) is 15.6. The maximum Gasteiger partial charge on any atom is 0.216 e. The summed E-state index contributed by atoms with van der Waals surface area (Å²) in [6, 6.07) is 4.45. The minimum atomic E-state index is -1.24. The van der Waals surface area contributed by atoms with Crippen molar-refractivity contribution in [3.63, 3.8) is 0 Å². The zero-order chi connectivity index (χ0) is 14.6. The number of ketones is 1. The standard InChI is InChI=1S/C13H16ClNO4/c1-7(16)9-3-4-10(11(14)5-9)13(19)12(18)6-15-8(2)17/h3-5,12-13,18-19H,6H2,1-2H3,(H,15,17). The molecule has 0 bridgehead atoms. The zero-order valence-corrected chi connectivity index (χ0v) is 11.4. The largest absolute Gasteiger partial charge is 0.388 e. The van der Waals surface area contributed by atoms with Gasteiger partial charge in [0.15, 0.2) is 5.78 Å². The van der Waals surface area contributed by atoms with Crippen LogP contribution in [0.2, 0.25) is 5.02 Å². The normalized spacial score (nSPS) is 13.7. The van der Waals surface area contributed by atoms with Crippen molar-refractivity contribution in [3.05, 3.63) is 34.3 Å². The second kappa shape index (κ2) is 6.65. The van der Waals surface area contributed by atoms with Crippen molar-refractivity contribution in [1.29, 1.82) is 0 Å². The van der Waals surface area contributed by atoms with E-state index in [4.69, 9.17) is 11.6 Å². The van der Waals surface area contributed by atoms with Crippen molar-refractivity contribution in [3.8, 4) is 0 Å². The second-order valence-electron chi connectivity index (χ2n) is 4.24. The van der Waals surface area contributed by atoms with Crippen molar-refractivity contribution in [2.75, 3.05) is 6.54 Å². The summed E-state index contributed by atoms with van der Waals surface area (Å²) in [6.07, 6.45) is -2.41. The van der Waals surface area contributed by atoms with Gasteiger partial charge in [0.05, 0.1) is 0 Å². The third-order valence-corrected chi connectivity index (χ3v) is 2.98. The molecule has 0 saturated heterocycles. The molecule has 0 heterocycles. The number of Topliss-reactive ketones (excluding diaryl/α,β-unsaturated/α-hetero) is 1. The van der Waals surface area contributed by atoms with Gasteiger partial charge in [0.1, 0.15) is 12.2 Å². The van der Waals surface area contributed by atoms with E-state index in [9.17, 15) is 19.8 Å². The number of hydrogen-bond donors (Lipinski definition) is 3. The van der Waals surface area contributed by atoms with Crippen LogP contribution in [0.4, 0.5) is 0 Å². The minimum Gasteiger partial charge on any atom is -0.388 e. The second-order valence-corrected chi connectivity index (χ2v) is 4.65. The van der Waals surface area contributed by atoms with Gasteiger partial charge < -0.3 is 15.5 Å². The highest BCUT2D eigenvalue weighted by molar-refractivity contribution is 6.31. The lowest BCUT2D eigenvalue weighted by molar-refractivity contribution is -0.119. The summed E-state index contributed by atoms with van der Waals surface area (Å²) in [6.45, 7) is 2.64. The fraction of sp³-hybridized carbons (Fsp3) is 0.385. The molecule has 1 amide bonds. The van der Waals surface area contributed by atoms with E-state index in [1.807, 2.05) is 0 Å². The molecular weight excluding hydrogens is 270 g/mol. The highest BCUT2D eigenvalue weighted by Gasteiger charge is 2.21. The lowest BCUT2D eigenvalue weighted by atomic mass is 10.0. The number of carbonyl (C=O) groups excluding carboxylic acids is 2. The fourth-order valence-electron chi connectivity index (χ4n) is 1.55. The molecule has 6 heteroatoms. The number of carbonyl (C=O) groups is 2. The number of aliphatic hydroxyl groups excluding tert-OH is 2. The monoisotopic (exact) mass is 285 g/mol. The Labute approximate surface area is 116 Å². The van der Waals surface area contributed by atoms with E-state index >= 15 is 0 Å². The number of nitrogens with one attached hydrogen (secondary N) is 1. The quantitative estimate of drug-likeness (QED) is 0.707. The van der Waals surface area contributed by atoms with Crippen LogP contribution in [0.25, 0.3) is 0 Å². The third-order valence-electron chi connectivity index (χ3n) is 2.65. The van der Waals surface area contributed by atoms with Gasteiger partial charge in [-0.2, -0.15) is 0 Å². The molecule has 0 aliphatic heterocycles. The Kier molecular flexibility index (Phi) is 5.47. The van der Waals surface area contributed by atoms with Gasteiger partial charge in [-0.15, -0.1) is 0 Å². The summed E-state index contributed by atoms with van der Waals surface area (Å²) < 4.78 is 0. The molecule has 0 aliphatic carbocycles. The maximum atomic E-state index is 11.2. The molecule has 2 unspecified atom stereocenters.